The first kappa shape index (κ1) is 30.1. The molecular weight excluding hydrogens is 604 g/mol. The van der Waals surface area contributed by atoms with Crippen LogP contribution >= 0.6 is 11.6 Å². The molecule has 1 aliphatic rings. The first-order valence-corrected chi connectivity index (χ1v) is 16.1. The molecule has 2 N–H and O–H groups in total. The number of halogens is 1. The summed E-state index contributed by atoms with van der Waals surface area (Å²) in [7, 11) is -0.839. The zero-order valence-corrected chi connectivity index (χ0v) is 26.3. The van der Waals surface area contributed by atoms with Gasteiger partial charge in [-0.1, -0.05) is 47.1 Å². The SMILES string of the molecule is CC1CCC(CC(C)(O)c2cc(-c3ccccc3)on2)N1S(=O)(=O)c1c2c(ccn2C)c(C(=O)Nc2ccnc(Cl)c2)n1C. The van der Waals surface area contributed by atoms with E-state index in [1.165, 1.54) is 21.1 Å². The molecule has 1 amide bonds. The number of carbonyl (C=O) groups excluding carboxylic acids is 1. The third-order valence-electron chi connectivity index (χ3n) is 8.36. The largest absolute Gasteiger partial charge is 0.384 e. The van der Waals surface area contributed by atoms with Crippen molar-refractivity contribution in [2.75, 3.05) is 5.32 Å². The highest BCUT2D eigenvalue weighted by atomic mass is 35.5. The highest BCUT2D eigenvalue weighted by Gasteiger charge is 2.46. The van der Waals surface area contributed by atoms with Crippen LogP contribution in [0.3, 0.4) is 0 Å². The zero-order chi connectivity index (χ0) is 31.4. The summed E-state index contributed by atoms with van der Waals surface area (Å²) in [6.07, 6.45) is 4.48. The predicted octanol–water partition coefficient (Wildman–Crippen LogP) is 5.31. The van der Waals surface area contributed by atoms with Gasteiger partial charge in [-0.05, 0) is 51.3 Å². The van der Waals surface area contributed by atoms with Crippen molar-refractivity contribution in [2.24, 2.45) is 14.1 Å². The second kappa shape index (κ2) is 11.2. The van der Waals surface area contributed by atoms with Gasteiger partial charge in [-0.15, -0.1) is 0 Å². The number of sulfonamides is 1. The number of carbonyl (C=O) groups is 1. The summed E-state index contributed by atoms with van der Waals surface area (Å²) in [6.45, 7) is 3.49. The van der Waals surface area contributed by atoms with Crippen molar-refractivity contribution >= 4 is 44.1 Å². The smallest absolute Gasteiger partial charge is 0.273 e. The summed E-state index contributed by atoms with van der Waals surface area (Å²) in [5.41, 5.74) is 0.723. The Kier molecular flexibility index (Phi) is 7.65. The number of pyridine rings is 1. The van der Waals surface area contributed by atoms with Crippen LogP contribution in [0.4, 0.5) is 5.69 Å². The Morgan fingerprint density at radius 3 is 2.64 bits per heavy atom. The fourth-order valence-corrected chi connectivity index (χ4v) is 8.73. The third-order valence-corrected chi connectivity index (χ3v) is 10.7. The molecule has 230 valence electrons. The van der Waals surface area contributed by atoms with E-state index in [9.17, 15) is 18.3 Å². The van der Waals surface area contributed by atoms with Gasteiger partial charge in [0, 0.05) is 61.3 Å². The molecule has 44 heavy (non-hydrogen) atoms. The highest BCUT2D eigenvalue weighted by molar-refractivity contribution is 7.89. The van der Waals surface area contributed by atoms with Crippen molar-refractivity contribution in [3.05, 3.63) is 83.5 Å². The number of aryl methyl sites for hydroxylation is 1. The molecule has 5 aromatic rings. The Bertz CT molecular complexity index is 1960. The summed E-state index contributed by atoms with van der Waals surface area (Å²) < 4.78 is 39.4. The molecule has 3 atom stereocenters. The number of aliphatic hydroxyl groups is 1. The molecule has 3 unspecified atom stereocenters. The normalized spacial score (nSPS) is 19.0. The van der Waals surface area contributed by atoms with Crippen LogP contribution in [0, 0.1) is 0 Å². The Morgan fingerprint density at radius 1 is 1.16 bits per heavy atom. The van der Waals surface area contributed by atoms with Crippen molar-refractivity contribution in [1.82, 2.24) is 23.6 Å². The lowest BCUT2D eigenvalue weighted by Gasteiger charge is -2.32. The van der Waals surface area contributed by atoms with E-state index in [2.05, 4.69) is 15.5 Å². The average molecular weight is 637 g/mol. The number of nitrogens with zero attached hydrogens (tertiary/aromatic N) is 5. The zero-order valence-electron chi connectivity index (χ0n) is 24.7. The van der Waals surface area contributed by atoms with Crippen LogP contribution < -0.4 is 5.32 Å². The lowest BCUT2D eigenvalue weighted by molar-refractivity contribution is 0.0228. The van der Waals surface area contributed by atoms with Crippen molar-refractivity contribution in [2.45, 2.75) is 55.8 Å². The molecule has 11 nitrogen and oxygen atoms in total. The number of anilines is 1. The summed E-state index contributed by atoms with van der Waals surface area (Å²) in [5, 5.41) is 19.3. The van der Waals surface area contributed by atoms with Gasteiger partial charge in [0.15, 0.2) is 10.8 Å². The van der Waals surface area contributed by atoms with E-state index in [-0.39, 0.29) is 28.3 Å². The minimum Gasteiger partial charge on any atom is -0.384 e. The van der Waals surface area contributed by atoms with Gasteiger partial charge in [-0.25, -0.2) is 13.4 Å². The maximum absolute atomic E-state index is 14.6. The number of hydrogen-bond acceptors (Lipinski definition) is 7. The minimum absolute atomic E-state index is 0.00380. The molecule has 5 heterocycles. The van der Waals surface area contributed by atoms with Crippen LogP contribution in [0.2, 0.25) is 5.15 Å². The van der Waals surface area contributed by atoms with Crippen LogP contribution in [-0.4, -0.2) is 55.1 Å². The first-order valence-electron chi connectivity index (χ1n) is 14.2. The number of hydrogen-bond donors (Lipinski definition) is 2. The number of fused-ring (bicyclic) bond motifs is 1. The van der Waals surface area contributed by atoms with Crippen LogP contribution in [0.5, 0.6) is 0 Å². The molecule has 0 spiro atoms. The van der Waals surface area contributed by atoms with Gasteiger partial charge in [0.2, 0.25) is 0 Å². The van der Waals surface area contributed by atoms with Crippen molar-refractivity contribution in [3.63, 3.8) is 0 Å². The summed E-state index contributed by atoms with van der Waals surface area (Å²) in [5.74, 6) is 0.0292. The molecule has 13 heteroatoms. The summed E-state index contributed by atoms with van der Waals surface area (Å²) in [6, 6.07) is 15.1. The van der Waals surface area contributed by atoms with Gasteiger partial charge in [0.25, 0.3) is 15.9 Å². The van der Waals surface area contributed by atoms with Crippen molar-refractivity contribution in [1.29, 1.82) is 0 Å². The second-order valence-corrected chi connectivity index (χ2v) is 13.7. The summed E-state index contributed by atoms with van der Waals surface area (Å²) in [4.78, 5) is 17.5. The monoisotopic (exact) mass is 636 g/mol. The van der Waals surface area contributed by atoms with E-state index in [1.54, 1.807) is 50.0 Å². The second-order valence-electron chi connectivity index (χ2n) is 11.6. The van der Waals surface area contributed by atoms with E-state index in [0.29, 0.717) is 40.9 Å². The molecule has 0 radical (unpaired) electrons. The predicted molar refractivity (Wildman–Crippen MR) is 167 cm³/mol. The van der Waals surface area contributed by atoms with Gasteiger partial charge in [-0.3, -0.25) is 4.79 Å². The number of aromatic nitrogens is 4. The van der Waals surface area contributed by atoms with E-state index in [1.807, 2.05) is 37.3 Å². The number of rotatable bonds is 8. The standard InChI is InChI=1S/C31H33ClN6O5S/c1-19-10-11-22(18-31(2,40)25-17-24(43-35-25)20-8-6-5-7-9-20)38(19)44(41,42)30-28-23(13-15-36(28)3)27(37(30)4)29(39)34-21-12-14-33-26(32)16-21/h5-9,12-17,19,22,40H,10-11,18H2,1-4H3,(H,33,34,39). The maximum atomic E-state index is 14.6. The molecule has 0 aliphatic carbocycles. The van der Waals surface area contributed by atoms with Gasteiger partial charge < -0.3 is 24.1 Å². The highest BCUT2D eigenvalue weighted by Crippen LogP contribution is 2.41. The number of nitrogens with one attached hydrogen (secondary N) is 1. The van der Waals surface area contributed by atoms with E-state index < -0.39 is 27.6 Å². The average Bonchev–Trinajstić information content (AvgIpc) is 3.74. The first-order chi connectivity index (χ1) is 20.9. The number of benzene rings is 1. The molecule has 6 rings (SSSR count). The number of amides is 1. The van der Waals surface area contributed by atoms with Crippen LogP contribution in [0.25, 0.3) is 22.2 Å². The Hall–Kier alpha value is -3.97. The van der Waals surface area contributed by atoms with E-state index in [0.717, 1.165) is 5.56 Å². The van der Waals surface area contributed by atoms with E-state index in [4.69, 9.17) is 16.1 Å². The molecule has 0 bridgehead atoms. The Morgan fingerprint density at radius 2 is 1.91 bits per heavy atom. The van der Waals surface area contributed by atoms with Crippen LogP contribution in [0.1, 0.15) is 49.3 Å². The van der Waals surface area contributed by atoms with E-state index >= 15 is 0 Å². The molecule has 4 aromatic heterocycles. The molecule has 1 aliphatic heterocycles. The molecule has 1 fully saturated rings. The van der Waals surface area contributed by atoms with Crippen molar-refractivity contribution < 1.29 is 22.8 Å². The van der Waals surface area contributed by atoms with Crippen LogP contribution in [0.15, 0.2) is 76.5 Å². The Balaban J connectivity index is 1.34. The lowest BCUT2D eigenvalue weighted by atomic mass is 9.92. The summed E-state index contributed by atoms with van der Waals surface area (Å²) >= 11 is 6.00. The fourth-order valence-electron chi connectivity index (χ4n) is 6.27. The van der Waals surface area contributed by atoms with Crippen LogP contribution in [-0.2, 0) is 29.7 Å². The lowest BCUT2D eigenvalue weighted by Crippen LogP contribution is -2.43. The quantitative estimate of drug-likeness (QED) is 0.220. The topological polar surface area (TPSA) is 135 Å². The molecule has 1 aromatic carbocycles. The third kappa shape index (κ3) is 5.21. The van der Waals surface area contributed by atoms with Gasteiger partial charge in [0.1, 0.15) is 22.1 Å². The van der Waals surface area contributed by atoms with Gasteiger partial charge in [-0.2, -0.15) is 4.31 Å². The van der Waals surface area contributed by atoms with Gasteiger partial charge >= 0.3 is 0 Å². The van der Waals surface area contributed by atoms with Crippen molar-refractivity contribution in [3.8, 4) is 11.3 Å². The molecule has 0 saturated carbocycles. The fraction of sp³-hybridized carbons (Fsp3) is 0.323. The molecular formula is C31H33ClN6O5S. The maximum Gasteiger partial charge on any atom is 0.273 e. The Labute approximate surface area is 260 Å². The minimum atomic E-state index is -4.16. The molecule has 1 saturated heterocycles. The van der Waals surface area contributed by atoms with Gasteiger partial charge in [0.05, 0.1) is 5.52 Å².